The van der Waals surface area contributed by atoms with E-state index in [2.05, 4.69) is 20.8 Å². The number of hydrogen-bond acceptors (Lipinski definition) is 2. The van der Waals surface area contributed by atoms with Crippen molar-refractivity contribution in [2.75, 3.05) is 6.61 Å². The van der Waals surface area contributed by atoms with Gasteiger partial charge in [-0.3, -0.25) is 0 Å². The molecule has 6 N–H and O–H groups in total. The molecule has 0 spiro atoms. The van der Waals surface area contributed by atoms with Gasteiger partial charge < -0.3 is 20.9 Å². The Kier molecular flexibility index (Phi) is 40.1. The fourth-order valence-electron chi connectivity index (χ4n) is 1.77. The third-order valence-corrected chi connectivity index (χ3v) is 6.44. The van der Waals surface area contributed by atoms with Crippen molar-refractivity contribution in [3.63, 3.8) is 0 Å². The van der Waals surface area contributed by atoms with Gasteiger partial charge in [0.05, 0.1) is 0 Å². The second kappa shape index (κ2) is 22.1. The van der Waals surface area contributed by atoms with E-state index in [0.29, 0.717) is 0 Å². The van der Waals surface area contributed by atoms with Crippen LogP contribution in [0.2, 0.25) is 18.1 Å². The summed E-state index contributed by atoms with van der Waals surface area (Å²) in [5.74, 6) is 0. The Morgan fingerprint density at radius 3 is 1.06 bits per heavy atom. The fourth-order valence-corrected chi connectivity index (χ4v) is 5.31. The molecule has 0 fully saturated rings. The van der Waals surface area contributed by atoms with Crippen LogP contribution in [0, 0.1) is 0 Å². The third kappa shape index (κ3) is 22.6. The Balaban J connectivity index is -0.0000000724. The van der Waals surface area contributed by atoms with Crippen LogP contribution in [0.1, 0.15) is 47.0 Å². The molecule has 0 saturated heterocycles. The van der Waals surface area contributed by atoms with E-state index in [0.717, 1.165) is 37.4 Å². The van der Waals surface area contributed by atoms with Gasteiger partial charge in [0.2, 0.25) is 0 Å². The Hall–Kier alpha value is 0.940. The molecule has 0 aromatic carbocycles. The Bertz CT molecular complexity index is 101. The summed E-state index contributed by atoms with van der Waals surface area (Å²) < 4.78 is 0. The maximum Gasteiger partial charge on any atom is 0.188 e. The van der Waals surface area contributed by atoms with Gasteiger partial charge in [0.1, 0.15) is 0 Å². The predicted molar refractivity (Wildman–Crippen MR) is 73.3 cm³/mol. The van der Waals surface area contributed by atoms with E-state index in [4.69, 9.17) is 5.11 Å². The summed E-state index contributed by atoms with van der Waals surface area (Å²) in [7, 11) is -1.75. The van der Waals surface area contributed by atoms with E-state index in [-0.39, 0.29) is 43.8 Å². The number of aliphatic hydroxyl groups is 1. The van der Waals surface area contributed by atoms with E-state index in [1.165, 1.54) is 0 Å². The van der Waals surface area contributed by atoms with Crippen LogP contribution < -0.4 is 0 Å². The third-order valence-electron chi connectivity index (χ3n) is 2.15. The van der Waals surface area contributed by atoms with Crippen LogP contribution in [0.25, 0.3) is 0 Å². The summed E-state index contributed by atoms with van der Waals surface area (Å²) in [5, 5.41) is 7.57. The molecule has 0 unspecified atom stereocenters. The summed E-state index contributed by atoms with van der Waals surface area (Å²) in [6.07, 6.45) is 3.47. The minimum Gasteiger partial charge on any atom is -0.432 e. The van der Waals surface area contributed by atoms with Crippen LogP contribution in [0.4, 0.5) is 0 Å². The molecule has 0 bridgehead atoms. The Labute approximate surface area is 127 Å². The van der Waals surface area contributed by atoms with Gasteiger partial charge in [0.25, 0.3) is 0 Å². The van der Waals surface area contributed by atoms with E-state index >= 15 is 0 Å². The molecule has 0 heterocycles. The molecule has 0 aliphatic heterocycles. The molecule has 108 valence electrons. The van der Waals surface area contributed by atoms with Crippen LogP contribution in [0.15, 0.2) is 0 Å². The van der Waals surface area contributed by atoms with E-state index in [1.807, 2.05) is 0 Å². The van der Waals surface area contributed by atoms with E-state index < -0.39 is 8.32 Å². The maximum absolute atomic E-state index is 10.2. The number of rotatable bonds is 6. The summed E-state index contributed by atoms with van der Waals surface area (Å²) in [6.45, 7) is 8.44. The van der Waals surface area contributed by atoms with E-state index in [1.54, 1.807) is 6.92 Å². The predicted octanol–water partition coefficient (Wildman–Crippen LogP) is 1.50. The average molecular weight is 348 g/mol. The number of aliphatic hydroxyl groups excluding tert-OH is 1. The first-order valence-electron chi connectivity index (χ1n) is 5.93. The molecule has 0 atom stereocenters. The van der Waals surface area contributed by atoms with Crippen molar-refractivity contribution in [1.29, 1.82) is 0 Å². The summed E-state index contributed by atoms with van der Waals surface area (Å²) in [6, 6.07) is 3.32. The van der Waals surface area contributed by atoms with Crippen LogP contribution in [0.3, 0.4) is 0 Å². The van der Waals surface area contributed by atoms with Gasteiger partial charge in [-0.15, -0.1) is 0 Å². The standard InChI is InChI=1S/C9H22OSi.C2H6O.2H2O.Zr/c1-4-7-11(10,8-5-2)9-6-3;1-2-3;;;/h10H,4-9H2,1-3H3;3H,2H2,1H3;2*1H2;. The monoisotopic (exact) mass is 346 g/mol. The van der Waals surface area contributed by atoms with Gasteiger partial charge in [0, 0.05) is 32.8 Å². The summed E-state index contributed by atoms with van der Waals surface area (Å²) >= 11 is 0. The molecule has 6 heteroatoms. The molecule has 0 aliphatic carbocycles. The Morgan fingerprint density at radius 1 is 0.765 bits per heavy atom. The topological polar surface area (TPSA) is 103 Å². The maximum atomic E-state index is 10.2. The van der Waals surface area contributed by atoms with Gasteiger partial charge in [-0.25, -0.2) is 0 Å². The van der Waals surface area contributed by atoms with Crippen molar-refractivity contribution in [3.8, 4) is 0 Å². The second-order valence-corrected chi connectivity index (χ2v) is 7.74. The van der Waals surface area contributed by atoms with Gasteiger partial charge in [-0.2, -0.15) is 0 Å². The largest absolute Gasteiger partial charge is 0.432 e. The molecular weight excluding hydrogens is 315 g/mol. The molecule has 0 radical (unpaired) electrons. The van der Waals surface area contributed by atoms with Crippen molar-refractivity contribution >= 4 is 8.32 Å². The van der Waals surface area contributed by atoms with Crippen LogP contribution in [-0.2, 0) is 26.2 Å². The molecule has 4 nitrogen and oxygen atoms in total. The van der Waals surface area contributed by atoms with Crippen molar-refractivity contribution in [3.05, 3.63) is 0 Å². The van der Waals surface area contributed by atoms with Crippen molar-refractivity contribution in [1.82, 2.24) is 0 Å². The first kappa shape index (κ1) is 30.7. The van der Waals surface area contributed by atoms with Crippen LogP contribution >= 0.6 is 0 Å². The normalized spacial score (nSPS) is 8.82. The second-order valence-electron chi connectivity index (χ2n) is 3.79. The average Bonchev–Trinajstić information content (AvgIpc) is 2.06. The minimum atomic E-state index is -1.75. The summed E-state index contributed by atoms with van der Waals surface area (Å²) in [4.78, 5) is 10.2. The van der Waals surface area contributed by atoms with E-state index in [9.17, 15) is 4.80 Å². The van der Waals surface area contributed by atoms with Crippen LogP contribution in [-0.4, -0.2) is 35.8 Å². The molecule has 0 aliphatic rings. The van der Waals surface area contributed by atoms with Crippen molar-refractivity contribution in [2.24, 2.45) is 0 Å². The first-order chi connectivity index (χ1) is 6.60. The first-order valence-corrected chi connectivity index (χ1v) is 8.50. The molecule has 0 rings (SSSR count). The smallest absolute Gasteiger partial charge is 0.188 e. The van der Waals surface area contributed by atoms with Crippen LogP contribution in [0.5, 0.6) is 0 Å². The van der Waals surface area contributed by atoms with Gasteiger partial charge in [0.15, 0.2) is 8.32 Å². The molecule has 0 aromatic rings. The minimum absolute atomic E-state index is 0. The molecule has 0 amide bonds. The fraction of sp³-hybridized carbons (Fsp3) is 1.00. The zero-order chi connectivity index (χ0) is 11.4. The van der Waals surface area contributed by atoms with Gasteiger partial charge in [-0.05, 0) is 25.1 Å². The van der Waals surface area contributed by atoms with Crippen molar-refractivity contribution < 1.29 is 47.1 Å². The number of hydrogen-bond donors (Lipinski definition) is 2. The van der Waals surface area contributed by atoms with Crippen molar-refractivity contribution in [2.45, 2.75) is 65.1 Å². The zero-order valence-corrected chi connectivity index (χ0v) is 15.3. The van der Waals surface area contributed by atoms with Gasteiger partial charge in [-0.1, -0.05) is 40.0 Å². The SMILES string of the molecule is CCC[Si](O)(CCC)CCC.CCO.O.O.[Zr]. The molecule has 17 heavy (non-hydrogen) atoms. The molecule has 0 saturated carbocycles. The van der Waals surface area contributed by atoms with Gasteiger partial charge >= 0.3 is 0 Å². The summed E-state index contributed by atoms with van der Waals surface area (Å²) in [5.41, 5.74) is 0. The molecular formula is C11H32O4SiZr. The molecule has 0 aromatic heterocycles. The Morgan fingerprint density at radius 2 is 0.941 bits per heavy atom. The zero-order valence-electron chi connectivity index (χ0n) is 11.8. The quantitative estimate of drug-likeness (QED) is 0.711.